The molecule has 3 atom stereocenters. The van der Waals surface area contributed by atoms with E-state index in [1.807, 2.05) is 29.1 Å². The molecule has 0 saturated heterocycles. The van der Waals surface area contributed by atoms with Crippen LogP contribution in [0.3, 0.4) is 0 Å². The van der Waals surface area contributed by atoms with Gasteiger partial charge in [0, 0.05) is 12.8 Å². The number of carbonyl (C=O) groups excluding carboxylic acids is 4. The first-order valence-corrected chi connectivity index (χ1v) is 16.7. The molecule has 12 nitrogen and oxygen atoms in total. The molecule has 0 aliphatic heterocycles. The number of benzene rings is 4. The number of hydrogen-bond donors (Lipinski definition) is 4. The third-order valence-corrected chi connectivity index (χ3v) is 8.04. The molecule has 0 bridgehead atoms. The van der Waals surface area contributed by atoms with Gasteiger partial charge >= 0.3 is 12.1 Å². The van der Waals surface area contributed by atoms with Gasteiger partial charge in [0.1, 0.15) is 29.6 Å². The predicted octanol–water partition coefficient (Wildman–Crippen LogP) is 4.61. The van der Waals surface area contributed by atoms with E-state index in [1.165, 1.54) is 14.2 Å². The summed E-state index contributed by atoms with van der Waals surface area (Å²) in [6.45, 7) is 0. The van der Waals surface area contributed by atoms with Gasteiger partial charge in [-0.05, 0) is 53.1 Å². The summed E-state index contributed by atoms with van der Waals surface area (Å²) >= 11 is 0. The maximum absolute atomic E-state index is 14.2. The fourth-order valence-electron chi connectivity index (χ4n) is 5.34. The standard InChI is InChI=1S/C39H41F3N4O8/c1-51-32-18-17-27(22-33(32)52-2)21-30(43-35(47)23-26-13-10-16-29(19-26)54-28-14-8-5-9-15-28)37(49)46-45-34(39(40,41)42)24-36(48)44-31(38(50)53-3)20-25-11-6-4-7-12-25/h4-19,22,30-31,34,45H,20-21,23-24H2,1-3H3,(H,43,47)(H,44,48)(H,46,49)/t30-,31-,34?/m0/s1. The van der Waals surface area contributed by atoms with Crippen LogP contribution in [0.25, 0.3) is 0 Å². The Morgan fingerprint density at radius 1 is 0.648 bits per heavy atom. The van der Waals surface area contributed by atoms with E-state index in [2.05, 4.69) is 10.6 Å². The largest absolute Gasteiger partial charge is 0.493 e. The smallest absolute Gasteiger partial charge is 0.406 e. The Hall–Kier alpha value is -6.09. The van der Waals surface area contributed by atoms with Gasteiger partial charge in [0.15, 0.2) is 11.5 Å². The number of hydrazine groups is 1. The fraction of sp³-hybridized carbons (Fsp3) is 0.282. The molecule has 4 rings (SSSR count). The van der Waals surface area contributed by atoms with E-state index in [4.69, 9.17) is 18.9 Å². The first-order valence-electron chi connectivity index (χ1n) is 16.7. The molecule has 54 heavy (non-hydrogen) atoms. The molecule has 0 aliphatic carbocycles. The number of alkyl halides is 3. The van der Waals surface area contributed by atoms with Gasteiger partial charge in [-0.1, -0.05) is 66.7 Å². The minimum absolute atomic E-state index is 0.0258. The molecular weight excluding hydrogens is 709 g/mol. The Labute approximate surface area is 310 Å². The summed E-state index contributed by atoms with van der Waals surface area (Å²) < 4.78 is 63.7. The van der Waals surface area contributed by atoms with Crippen molar-refractivity contribution in [1.82, 2.24) is 21.5 Å². The van der Waals surface area contributed by atoms with Crippen LogP contribution in [0.2, 0.25) is 0 Å². The second-order valence-corrected chi connectivity index (χ2v) is 12.0. The molecule has 0 heterocycles. The quantitative estimate of drug-likeness (QED) is 0.0844. The second kappa shape index (κ2) is 19.7. The van der Waals surface area contributed by atoms with Crippen molar-refractivity contribution < 1.29 is 51.3 Å². The van der Waals surface area contributed by atoms with Crippen LogP contribution in [-0.4, -0.2) is 69.3 Å². The lowest BCUT2D eigenvalue weighted by molar-refractivity contribution is -0.165. The van der Waals surface area contributed by atoms with Gasteiger partial charge in [0.2, 0.25) is 11.8 Å². The van der Waals surface area contributed by atoms with E-state index < -0.39 is 54.4 Å². The molecule has 15 heteroatoms. The third-order valence-electron chi connectivity index (χ3n) is 8.04. The van der Waals surface area contributed by atoms with Crippen LogP contribution in [0.4, 0.5) is 13.2 Å². The summed E-state index contributed by atoms with van der Waals surface area (Å²) in [4.78, 5) is 52.0. The Morgan fingerprint density at radius 3 is 1.91 bits per heavy atom. The minimum atomic E-state index is -5.01. The first-order chi connectivity index (χ1) is 25.9. The van der Waals surface area contributed by atoms with E-state index in [9.17, 15) is 32.3 Å². The van der Waals surface area contributed by atoms with Crippen LogP contribution in [0.15, 0.2) is 103 Å². The van der Waals surface area contributed by atoms with E-state index >= 15 is 0 Å². The number of ether oxygens (including phenoxy) is 4. The molecule has 0 spiro atoms. The molecule has 1 unspecified atom stereocenters. The van der Waals surface area contributed by atoms with Gasteiger partial charge in [0.05, 0.1) is 34.2 Å². The Morgan fingerprint density at radius 2 is 1.26 bits per heavy atom. The van der Waals surface area contributed by atoms with Gasteiger partial charge in [-0.3, -0.25) is 19.8 Å². The van der Waals surface area contributed by atoms with Crippen molar-refractivity contribution >= 4 is 23.7 Å². The van der Waals surface area contributed by atoms with Crippen molar-refractivity contribution in [2.24, 2.45) is 0 Å². The fourth-order valence-corrected chi connectivity index (χ4v) is 5.34. The average Bonchev–Trinajstić information content (AvgIpc) is 3.15. The maximum atomic E-state index is 14.2. The highest BCUT2D eigenvalue weighted by Gasteiger charge is 2.42. The number of carbonyl (C=O) groups is 4. The number of hydrogen-bond acceptors (Lipinski definition) is 9. The average molecular weight is 751 g/mol. The van der Waals surface area contributed by atoms with E-state index in [0.29, 0.717) is 39.7 Å². The third kappa shape index (κ3) is 12.5. The number of methoxy groups -OCH3 is 3. The molecule has 0 saturated carbocycles. The summed E-state index contributed by atoms with van der Waals surface area (Å²) in [7, 11) is 3.95. The van der Waals surface area contributed by atoms with Crippen molar-refractivity contribution in [2.75, 3.05) is 21.3 Å². The van der Waals surface area contributed by atoms with Gasteiger partial charge < -0.3 is 29.6 Å². The zero-order chi connectivity index (χ0) is 39.1. The van der Waals surface area contributed by atoms with Crippen molar-refractivity contribution in [3.05, 3.63) is 120 Å². The molecule has 4 N–H and O–H groups in total. The molecule has 0 aliphatic rings. The molecule has 0 fully saturated rings. The summed E-state index contributed by atoms with van der Waals surface area (Å²) in [6, 6.07) is 23.8. The molecule has 0 aromatic heterocycles. The van der Waals surface area contributed by atoms with Crippen LogP contribution in [0, 0.1) is 0 Å². The lowest BCUT2D eigenvalue weighted by Crippen LogP contribution is -2.58. The zero-order valence-electron chi connectivity index (χ0n) is 29.8. The second-order valence-electron chi connectivity index (χ2n) is 12.0. The van der Waals surface area contributed by atoms with Crippen LogP contribution < -0.4 is 35.7 Å². The predicted molar refractivity (Wildman–Crippen MR) is 192 cm³/mol. The Kier molecular flexibility index (Phi) is 14.8. The van der Waals surface area contributed by atoms with Crippen LogP contribution in [0.5, 0.6) is 23.0 Å². The number of halogens is 3. The van der Waals surface area contributed by atoms with Crippen LogP contribution in [0.1, 0.15) is 23.1 Å². The summed E-state index contributed by atoms with van der Waals surface area (Å²) in [5, 5.41) is 4.90. The number of amides is 3. The van der Waals surface area contributed by atoms with Crippen molar-refractivity contribution in [3.8, 4) is 23.0 Å². The topological polar surface area (TPSA) is 153 Å². The van der Waals surface area contributed by atoms with Gasteiger partial charge in [-0.2, -0.15) is 13.2 Å². The van der Waals surface area contributed by atoms with E-state index in [1.54, 1.807) is 84.9 Å². The van der Waals surface area contributed by atoms with Crippen molar-refractivity contribution in [2.45, 2.75) is 50.0 Å². The lowest BCUT2D eigenvalue weighted by atomic mass is 10.0. The summed E-state index contributed by atoms with van der Waals surface area (Å²) in [5.74, 6) is -1.82. The molecule has 0 radical (unpaired) electrons. The zero-order valence-corrected chi connectivity index (χ0v) is 29.8. The summed E-state index contributed by atoms with van der Waals surface area (Å²) in [6.07, 6.45) is -6.58. The number of para-hydroxylation sites is 1. The molecule has 4 aromatic rings. The highest BCUT2D eigenvalue weighted by atomic mass is 19.4. The van der Waals surface area contributed by atoms with Crippen LogP contribution >= 0.6 is 0 Å². The number of rotatable bonds is 18. The normalized spacial score (nSPS) is 12.7. The Balaban J connectivity index is 1.47. The number of nitrogens with one attached hydrogen (secondary N) is 4. The van der Waals surface area contributed by atoms with Gasteiger partial charge in [-0.25, -0.2) is 10.2 Å². The molecular formula is C39H41F3N4O8. The first kappa shape index (κ1) is 40.7. The number of esters is 1. The summed E-state index contributed by atoms with van der Waals surface area (Å²) in [5.41, 5.74) is 5.61. The highest BCUT2D eigenvalue weighted by molar-refractivity contribution is 5.89. The van der Waals surface area contributed by atoms with Crippen molar-refractivity contribution in [3.63, 3.8) is 0 Å². The van der Waals surface area contributed by atoms with E-state index in [-0.39, 0.29) is 19.3 Å². The SMILES string of the molecule is COC(=O)[C@H](Cc1ccccc1)NC(=O)CC(NNC(=O)[C@H](Cc1ccc(OC)c(OC)c1)NC(=O)Cc1cccc(Oc2ccccc2)c1)C(F)(F)F. The maximum Gasteiger partial charge on any atom is 0.406 e. The van der Waals surface area contributed by atoms with E-state index in [0.717, 1.165) is 7.11 Å². The van der Waals surface area contributed by atoms with Crippen LogP contribution in [-0.2, 0) is 43.2 Å². The lowest BCUT2D eigenvalue weighted by Gasteiger charge is -2.25. The van der Waals surface area contributed by atoms with Gasteiger partial charge in [-0.15, -0.1) is 0 Å². The molecule has 286 valence electrons. The van der Waals surface area contributed by atoms with Gasteiger partial charge in [0.25, 0.3) is 5.91 Å². The highest BCUT2D eigenvalue weighted by Crippen LogP contribution is 2.28. The minimum Gasteiger partial charge on any atom is -0.493 e. The van der Waals surface area contributed by atoms with Crippen molar-refractivity contribution in [1.29, 1.82) is 0 Å². The molecule has 3 amide bonds. The molecule has 4 aromatic carbocycles. The monoisotopic (exact) mass is 750 g/mol. The Bertz CT molecular complexity index is 1860.